The average molecular weight is 373 g/mol. The van der Waals surface area contributed by atoms with Gasteiger partial charge in [-0.25, -0.2) is 19.6 Å². The molecule has 8 nitrogen and oxygen atoms in total. The highest BCUT2D eigenvalue weighted by molar-refractivity contribution is 5.89. The molecule has 0 aliphatic heterocycles. The Morgan fingerprint density at radius 2 is 1.93 bits per heavy atom. The zero-order valence-corrected chi connectivity index (χ0v) is 15.8. The number of alkyl carbamates (subject to hydrolysis) is 1. The highest BCUT2D eigenvalue weighted by atomic mass is 16.6. The minimum Gasteiger partial charge on any atom is -0.473 e. The summed E-state index contributed by atoms with van der Waals surface area (Å²) in [6.07, 6.45) is 0.829. The molecule has 0 bridgehead atoms. The number of amides is 1. The van der Waals surface area contributed by atoms with Gasteiger partial charge in [-0.1, -0.05) is 12.1 Å². The van der Waals surface area contributed by atoms with Gasteiger partial charge in [-0.05, 0) is 38.5 Å². The van der Waals surface area contributed by atoms with Crippen molar-refractivity contribution in [3.05, 3.63) is 53.5 Å². The molecule has 1 amide bonds. The molecule has 8 heteroatoms. The van der Waals surface area contributed by atoms with E-state index in [1.54, 1.807) is 45.0 Å². The lowest BCUT2D eigenvalue weighted by Crippen LogP contribution is -2.32. The molecule has 0 saturated heterocycles. The average Bonchev–Trinajstić information content (AvgIpc) is 2.63. The van der Waals surface area contributed by atoms with Gasteiger partial charge in [0.2, 0.25) is 5.88 Å². The minimum absolute atomic E-state index is 0.186. The number of methoxy groups -OCH3 is 1. The van der Waals surface area contributed by atoms with Gasteiger partial charge in [0.05, 0.1) is 24.9 Å². The first-order chi connectivity index (χ1) is 12.8. The van der Waals surface area contributed by atoms with Crippen molar-refractivity contribution in [2.75, 3.05) is 7.11 Å². The van der Waals surface area contributed by atoms with Crippen molar-refractivity contribution in [2.45, 2.75) is 39.5 Å². The van der Waals surface area contributed by atoms with E-state index >= 15 is 0 Å². The molecule has 0 aliphatic rings. The van der Waals surface area contributed by atoms with Crippen LogP contribution in [0.1, 0.15) is 42.4 Å². The highest BCUT2D eigenvalue weighted by Crippen LogP contribution is 2.12. The van der Waals surface area contributed by atoms with Crippen molar-refractivity contribution >= 4 is 12.1 Å². The van der Waals surface area contributed by atoms with E-state index in [1.807, 2.05) is 6.07 Å². The number of carbonyl (C=O) groups excluding carboxylic acids is 2. The first-order valence-electron chi connectivity index (χ1n) is 8.34. The maximum atomic E-state index is 11.7. The van der Waals surface area contributed by atoms with Crippen LogP contribution in [0.4, 0.5) is 4.79 Å². The van der Waals surface area contributed by atoms with Crippen molar-refractivity contribution in [3.8, 4) is 5.88 Å². The first-order valence-corrected chi connectivity index (χ1v) is 8.34. The van der Waals surface area contributed by atoms with Crippen LogP contribution in [0, 0.1) is 0 Å². The van der Waals surface area contributed by atoms with Crippen molar-refractivity contribution in [1.29, 1.82) is 0 Å². The van der Waals surface area contributed by atoms with E-state index in [9.17, 15) is 9.59 Å². The van der Waals surface area contributed by atoms with Gasteiger partial charge >= 0.3 is 12.1 Å². The Labute approximate surface area is 157 Å². The number of hydrogen-bond donors (Lipinski definition) is 1. The van der Waals surface area contributed by atoms with E-state index in [2.05, 4.69) is 15.3 Å². The van der Waals surface area contributed by atoms with Gasteiger partial charge in [-0.2, -0.15) is 0 Å². The molecule has 2 rings (SSSR count). The number of ether oxygens (including phenoxy) is 3. The van der Waals surface area contributed by atoms with E-state index in [0.29, 0.717) is 17.1 Å². The fourth-order valence-corrected chi connectivity index (χ4v) is 2.09. The summed E-state index contributed by atoms with van der Waals surface area (Å²) in [5, 5.41) is 2.62. The maximum Gasteiger partial charge on any atom is 0.407 e. The number of hydrogen-bond acceptors (Lipinski definition) is 7. The fourth-order valence-electron chi connectivity index (χ4n) is 2.09. The van der Waals surface area contributed by atoms with Gasteiger partial charge in [0.15, 0.2) is 0 Å². The summed E-state index contributed by atoms with van der Waals surface area (Å²) in [7, 11) is 1.33. The molecule has 1 aromatic carbocycles. The lowest BCUT2D eigenvalue weighted by Gasteiger charge is -2.19. The molecule has 0 atom stereocenters. The van der Waals surface area contributed by atoms with Gasteiger partial charge in [0.25, 0.3) is 0 Å². The number of aromatic nitrogens is 2. The van der Waals surface area contributed by atoms with Crippen LogP contribution in [0.25, 0.3) is 0 Å². The monoisotopic (exact) mass is 373 g/mol. The van der Waals surface area contributed by atoms with Gasteiger partial charge in [0.1, 0.15) is 18.5 Å². The van der Waals surface area contributed by atoms with Crippen molar-refractivity contribution in [3.63, 3.8) is 0 Å². The number of nitrogens with zero attached hydrogens (tertiary/aromatic N) is 2. The Hall–Kier alpha value is -3.16. The molecular weight excluding hydrogens is 350 g/mol. The van der Waals surface area contributed by atoms with Crippen LogP contribution in [-0.2, 0) is 22.6 Å². The van der Waals surface area contributed by atoms with Crippen LogP contribution in [0.2, 0.25) is 0 Å². The summed E-state index contributed by atoms with van der Waals surface area (Å²) < 4.78 is 15.5. The Morgan fingerprint density at radius 1 is 1.15 bits per heavy atom. The van der Waals surface area contributed by atoms with Crippen LogP contribution in [-0.4, -0.2) is 34.7 Å². The van der Waals surface area contributed by atoms with Crippen molar-refractivity contribution in [2.24, 2.45) is 0 Å². The molecule has 0 radical (unpaired) electrons. The summed E-state index contributed by atoms with van der Waals surface area (Å²) >= 11 is 0. The Balaban J connectivity index is 1.92. The zero-order chi connectivity index (χ0) is 19.9. The number of rotatable bonds is 6. The molecule has 2 aromatic rings. The summed E-state index contributed by atoms with van der Waals surface area (Å²) in [6.45, 7) is 5.78. The third-order valence-electron chi connectivity index (χ3n) is 3.25. The summed E-state index contributed by atoms with van der Waals surface area (Å²) in [6, 6.07) is 8.57. The predicted octanol–water partition coefficient (Wildman–Crippen LogP) is 2.87. The Morgan fingerprint density at radius 3 is 2.63 bits per heavy atom. The highest BCUT2D eigenvalue weighted by Gasteiger charge is 2.16. The topological polar surface area (TPSA) is 99.6 Å². The molecule has 0 saturated carbocycles. The Kier molecular flexibility index (Phi) is 6.70. The fraction of sp³-hybridized carbons (Fsp3) is 0.368. The van der Waals surface area contributed by atoms with Gasteiger partial charge in [-0.3, -0.25) is 0 Å². The molecule has 0 aliphatic carbocycles. The molecule has 1 N–H and O–H groups in total. The number of benzene rings is 1. The normalized spacial score (nSPS) is 10.8. The molecule has 1 heterocycles. The van der Waals surface area contributed by atoms with Crippen LogP contribution < -0.4 is 10.1 Å². The number of esters is 1. The van der Waals surface area contributed by atoms with E-state index in [4.69, 9.17) is 14.2 Å². The largest absolute Gasteiger partial charge is 0.473 e. The summed E-state index contributed by atoms with van der Waals surface area (Å²) in [5.41, 5.74) is 1.26. The van der Waals surface area contributed by atoms with Crippen molar-refractivity contribution < 1.29 is 23.8 Å². The van der Waals surface area contributed by atoms with Gasteiger partial charge < -0.3 is 19.5 Å². The van der Waals surface area contributed by atoms with Crippen molar-refractivity contribution in [1.82, 2.24) is 15.3 Å². The summed E-state index contributed by atoms with van der Waals surface area (Å²) in [5.74, 6) is -0.0520. The first kappa shape index (κ1) is 20.2. The lowest BCUT2D eigenvalue weighted by molar-refractivity contribution is 0.0521. The molecule has 144 valence electrons. The van der Waals surface area contributed by atoms with Crippen LogP contribution in [0.5, 0.6) is 5.88 Å². The third-order valence-corrected chi connectivity index (χ3v) is 3.25. The van der Waals surface area contributed by atoms with E-state index in [1.165, 1.54) is 13.4 Å². The lowest BCUT2D eigenvalue weighted by atomic mass is 10.1. The Bertz CT molecular complexity index is 802. The SMILES string of the molecule is COC(=O)c1cccc(COc2cc(CNC(=O)OC(C)(C)C)ncn2)c1. The van der Waals surface area contributed by atoms with E-state index in [-0.39, 0.29) is 13.2 Å². The third kappa shape index (κ3) is 6.93. The second kappa shape index (κ2) is 8.98. The molecule has 0 spiro atoms. The number of carbonyl (C=O) groups is 2. The number of nitrogens with one attached hydrogen (secondary N) is 1. The predicted molar refractivity (Wildman–Crippen MR) is 97.2 cm³/mol. The second-order valence-corrected chi connectivity index (χ2v) is 6.68. The smallest absolute Gasteiger partial charge is 0.407 e. The zero-order valence-electron chi connectivity index (χ0n) is 15.8. The van der Waals surface area contributed by atoms with Gasteiger partial charge in [-0.15, -0.1) is 0 Å². The standard InChI is InChI=1S/C19H23N3O5/c1-19(2,3)27-18(24)20-10-15-9-16(22-12-21-15)26-11-13-6-5-7-14(8-13)17(23)25-4/h5-9,12H,10-11H2,1-4H3,(H,20,24). The van der Waals surface area contributed by atoms with E-state index in [0.717, 1.165) is 5.56 Å². The van der Waals surface area contributed by atoms with Crippen LogP contribution in [0.3, 0.4) is 0 Å². The molecule has 1 aromatic heterocycles. The van der Waals surface area contributed by atoms with E-state index < -0.39 is 17.7 Å². The second-order valence-electron chi connectivity index (χ2n) is 6.68. The maximum absolute atomic E-state index is 11.7. The quantitative estimate of drug-likeness (QED) is 0.777. The molecule has 0 fully saturated rings. The molecular formula is C19H23N3O5. The molecule has 27 heavy (non-hydrogen) atoms. The van der Waals surface area contributed by atoms with Crippen LogP contribution >= 0.6 is 0 Å². The summed E-state index contributed by atoms with van der Waals surface area (Å²) in [4.78, 5) is 31.4. The van der Waals surface area contributed by atoms with Gasteiger partial charge in [0, 0.05) is 6.07 Å². The minimum atomic E-state index is -0.567. The molecule has 0 unspecified atom stereocenters. The van der Waals surface area contributed by atoms with Crippen LogP contribution in [0.15, 0.2) is 36.7 Å².